The number of anilines is 1. The van der Waals surface area contributed by atoms with Gasteiger partial charge in [0.1, 0.15) is 0 Å². The summed E-state index contributed by atoms with van der Waals surface area (Å²) in [5.74, 6) is 0.576. The minimum absolute atomic E-state index is 0.115. The first-order valence-corrected chi connectivity index (χ1v) is 11.7. The molecular formula is C25H25N5O2S. The summed E-state index contributed by atoms with van der Waals surface area (Å²) in [5.41, 5.74) is 2.49. The summed E-state index contributed by atoms with van der Waals surface area (Å²) in [6.07, 6.45) is 0. The van der Waals surface area contributed by atoms with Gasteiger partial charge < -0.3 is 15.2 Å². The number of carbonyl (C=O) groups is 2. The Morgan fingerprint density at radius 2 is 1.73 bits per heavy atom. The Morgan fingerprint density at radius 3 is 2.52 bits per heavy atom. The fraction of sp³-hybridized carbons (Fsp3) is 0.200. The van der Waals surface area contributed by atoms with Crippen molar-refractivity contribution in [2.24, 2.45) is 0 Å². The van der Waals surface area contributed by atoms with Gasteiger partial charge in [-0.3, -0.25) is 9.59 Å². The smallest absolute Gasteiger partial charge is 0.251 e. The molecule has 3 aromatic carbocycles. The van der Waals surface area contributed by atoms with Crippen LogP contribution in [0.5, 0.6) is 0 Å². The van der Waals surface area contributed by atoms with Gasteiger partial charge in [0.2, 0.25) is 5.91 Å². The molecule has 2 N–H and O–H groups in total. The maximum Gasteiger partial charge on any atom is 0.251 e. The van der Waals surface area contributed by atoms with Gasteiger partial charge in [0.25, 0.3) is 5.91 Å². The molecule has 4 rings (SSSR count). The Morgan fingerprint density at radius 1 is 0.970 bits per heavy atom. The lowest BCUT2D eigenvalue weighted by Crippen LogP contribution is -2.24. The van der Waals surface area contributed by atoms with E-state index in [1.54, 1.807) is 12.1 Å². The predicted molar refractivity (Wildman–Crippen MR) is 131 cm³/mol. The molecule has 1 aromatic heterocycles. The van der Waals surface area contributed by atoms with Crippen LogP contribution in [0.3, 0.4) is 0 Å². The van der Waals surface area contributed by atoms with E-state index in [2.05, 4.69) is 20.8 Å². The highest BCUT2D eigenvalue weighted by Crippen LogP contribution is 2.24. The molecule has 33 heavy (non-hydrogen) atoms. The van der Waals surface area contributed by atoms with Crippen molar-refractivity contribution in [3.63, 3.8) is 0 Å². The highest BCUT2D eigenvalue weighted by Gasteiger charge is 2.15. The molecule has 0 unspecified atom stereocenters. The third-order valence-electron chi connectivity index (χ3n) is 5.23. The van der Waals surface area contributed by atoms with Gasteiger partial charge in [-0.25, -0.2) is 0 Å². The van der Waals surface area contributed by atoms with E-state index in [1.807, 2.05) is 73.0 Å². The molecule has 0 saturated heterocycles. The van der Waals surface area contributed by atoms with Crippen molar-refractivity contribution >= 4 is 40.0 Å². The van der Waals surface area contributed by atoms with Gasteiger partial charge in [0.05, 0.1) is 12.3 Å². The largest absolute Gasteiger partial charge is 0.345 e. The highest BCUT2D eigenvalue weighted by atomic mass is 32.2. The third-order valence-corrected chi connectivity index (χ3v) is 6.19. The van der Waals surface area contributed by atoms with Crippen molar-refractivity contribution < 1.29 is 9.59 Å². The zero-order chi connectivity index (χ0) is 23.2. The second kappa shape index (κ2) is 10.3. The monoisotopic (exact) mass is 459 g/mol. The summed E-state index contributed by atoms with van der Waals surface area (Å²) in [5, 5.41) is 17.0. The van der Waals surface area contributed by atoms with Gasteiger partial charge in [-0.05, 0) is 37.4 Å². The van der Waals surface area contributed by atoms with Crippen LogP contribution in [0.4, 0.5) is 5.69 Å². The van der Waals surface area contributed by atoms with Gasteiger partial charge >= 0.3 is 0 Å². The second-order valence-electron chi connectivity index (χ2n) is 7.56. The van der Waals surface area contributed by atoms with Crippen LogP contribution < -0.4 is 10.6 Å². The zero-order valence-corrected chi connectivity index (χ0v) is 19.4. The lowest BCUT2D eigenvalue weighted by Gasteiger charge is -2.10. The van der Waals surface area contributed by atoms with Crippen LogP contribution >= 0.6 is 11.8 Å². The van der Waals surface area contributed by atoms with Crippen molar-refractivity contribution in [2.45, 2.75) is 32.1 Å². The minimum Gasteiger partial charge on any atom is -0.345 e. The average Bonchev–Trinajstić information content (AvgIpc) is 3.23. The van der Waals surface area contributed by atoms with Crippen molar-refractivity contribution in [2.75, 3.05) is 11.1 Å². The quantitative estimate of drug-likeness (QED) is 0.381. The molecule has 0 atom stereocenters. The molecule has 0 spiro atoms. The van der Waals surface area contributed by atoms with E-state index in [0.29, 0.717) is 23.1 Å². The first kappa shape index (κ1) is 22.5. The molecule has 168 valence electrons. The van der Waals surface area contributed by atoms with Crippen LogP contribution in [-0.4, -0.2) is 32.3 Å². The Bertz CT molecular complexity index is 1280. The maximum absolute atomic E-state index is 12.6. The number of nitrogens with one attached hydrogen (secondary N) is 2. The predicted octanol–water partition coefficient (Wildman–Crippen LogP) is 4.42. The van der Waals surface area contributed by atoms with Crippen molar-refractivity contribution in [1.29, 1.82) is 0 Å². The van der Waals surface area contributed by atoms with Crippen LogP contribution in [0.1, 0.15) is 28.7 Å². The van der Waals surface area contributed by atoms with Gasteiger partial charge in [-0.1, -0.05) is 65.9 Å². The first-order chi connectivity index (χ1) is 16.0. The molecule has 0 aliphatic rings. The topological polar surface area (TPSA) is 88.9 Å². The fourth-order valence-electron chi connectivity index (χ4n) is 3.49. The Kier molecular flexibility index (Phi) is 7.04. The lowest BCUT2D eigenvalue weighted by atomic mass is 10.1. The number of aryl methyl sites for hydroxylation is 1. The number of nitrogens with zero attached hydrogens (tertiary/aromatic N) is 3. The number of carbonyl (C=O) groups excluding carboxylic acids is 2. The number of aromatic nitrogens is 3. The maximum atomic E-state index is 12.6. The minimum atomic E-state index is -0.163. The average molecular weight is 460 g/mol. The SMILES string of the molecule is CCn1c(CNC(=O)c2ccc(C)cc2)nnc1SCC(=O)Nc1cccc2ccccc12. The van der Waals surface area contributed by atoms with E-state index >= 15 is 0 Å². The van der Waals surface area contributed by atoms with Gasteiger partial charge in [0, 0.05) is 23.2 Å². The van der Waals surface area contributed by atoms with Crippen LogP contribution in [0.15, 0.2) is 71.9 Å². The summed E-state index contributed by atoms with van der Waals surface area (Å²) in [6.45, 7) is 4.86. The van der Waals surface area contributed by atoms with Gasteiger partial charge in [-0.2, -0.15) is 0 Å². The number of amides is 2. The highest BCUT2D eigenvalue weighted by molar-refractivity contribution is 7.99. The normalized spacial score (nSPS) is 10.8. The van der Waals surface area contributed by atoms with E-state index in [-0.39, 0.29) is 24.1 Å². The molecule has 2 amide bonds. The molecule has 0 bridgehead atoms. The number of hydrogen-bond acceptors (Lipinski definition) is 5. The summed E-state index contributed by atoms with van der Waals surface area (Å²) in [6, 6.07) is 21.2. The zero-order valence-electron chi connectivity index (χ0n) is 18.5. The standard InChI is InChI=1S/C25H25N5O2S/c1-3-30-22(15-26-24(32)19-13-11-17(2)12-14-19)28-29-25(30)33-16-23(31)27-21-10-6-8-18-7-4-5-9-20(18)21/h4-14H,3,15-16H2,1-2H3,(H,26,32)(H,27,31). The summed E-state index contributed by atoms with van der Waals surface area (Å²) in [4.78, 5) is 25.0. The summed E-state index contributed by atoms with van der Waals surface area (Å²) in [7, 11) is 0. The third kappa shape index (κ3) is 5.40. The Labute approximate surface area is 196 Å². The van der Waals surface area contributed by atoms with Crippen molar-refractivity contribution in [1.82, 2.24) is 20.1 Å². The molecule has 1 heterocycles. The molecule has 8 heteroatoms. The number of hydrogen-bond donors (Lipinski definition) is 2. The van der Waals surface area contributed by atoms with Crippen LogP contribution in [0.2, 0.25) is 0 Å². The number of thioether (sulfide) groups is 1. The van der Waals surface area contributed by atoms with E-state index in [0.717, 1.165) is 22.0 Å². The number of fused-ring (bicyclic) bond motifs is 1. The Hall–Kier alpha value is -3.65. The van der Waals surface area contributed by atoms with E-state index in [9.17, 15) is 9.59 Å². The van der Waals surface area contributed by atoms with E-state index < -0.39 is 0 Å². The van der Waals surface area contributed by atoms with E-state index in [1.165, 1.54) is 11.8 Å². The molecule has 0 saturated carbocycles. The molecule has 0 radical (unpaired) electrons. The van der Waals surface area contributed by atoms with Crippen LogP contribution in [-0.2, 0) is 17.9 Å². The molecular weight excluding hydrogens is 434 g/mol. The van der Waals surface area contributed by atoms with Crippen molar-refractivity contribution in [3.05, 3.63) is 83.7 Å². The molecule has 7 nitrogen and oxygen atoms in total. The second-order valence-corrected chi connectivity index (χ2v) is 8.50. The van der Waals surface area contributed by atoms with E-state index in [4.69, 9.17) is 0 Å². The first-order valence-electron chi connectivity index (χ1n) is 10.7. The van der Waals surface area contributed by atoms with Gasteiger partial charge in [0.15, 0.2) is 11.0 Å². The van der Waals surface area contributed by atoms with Crippen molar-refractivity contribution in [3.8, 4) is 0 Å². The molecule has 0 aliphatic heterocycles. The summed E-state index contributed by atoms with van der Waals surface area (Å²) >= 11 is 1.32. The lowest BCUT2D eigenvalue weighted by molar-refractivity contribution is -0.113. The van der Waals surface area contributed by atoms with Crippen LogP contribution in [0, 0.1) is 6.92 Å². The molecule has 0 fully saturated rings. The fourth-order valence-corrected chi connectivity index (χ4v) is 4.31. The number of benzene rings is 3. The van der Waals surface area contributed by atoms with Gasteiger partial charge in [-0.15, -0.1) is 10.2 Å². The number of rotatable bonds is 8. The molecule has 0 aliphatic carbocycles. The van der Waals surface area contributed by atoms with Crippen LogP contribution in [0.25, 0.3) is 10.8 Å². The Balaban J connectivity index is 1.36. The molecule has 4 aromatic rings. The summed E-state index contributed by atoms with van der Waals surface area (Å²) < 4.78 is 1.91.